The number of fused-ring (bicyclic) bond motifs is 1. The van der Waals surface area contributed by atoms with Crippen LogP contribution in [0.5, 0.6) is 0 Å². The molecule has 2 heterocycles. The molecule has 1 aromatic heterocycles. The van der Waals surface area contributed by atoms with Crippen LogP contribution in [0.15, 0.2) is 34.2 Å². The first kappa shape index (κ1) is 20.4. The molecule has 1 aliphatic rings. The summed E-state index contributed by atoms with van der Waals surface area (Å²) in [5.74, 6) is -0.490. The van der Waals surface area contributed by atoms with Crippen molar-refractivity contribution in [3.63, 3.8) is 0 Å². The number of benzene rings is 1. The Kier molecular flexibility index (Phi) is 6.39. The predicted molar refractivity (Wildman–Crippen MR) is 110 cm³/mol. The average molecular weight is 403 g/mol. The van der Waals surface area contributed by atoms with E-state index in [0.29, 0.717) is 29.0 Å². The van der Waals surface area contributed by atoms with Crippen LogP contribution in [0.1, 0.15) is 45.6 Å². The van der Waals surface area contributed by atoms with E-state index in [9.17, 15) is 14.4 Å². The van der Waals surface area contributed by atoms with E-state index in [-0.39, 0.29) is 23.3 Å². The van der Waals surface area contributed by atoms with Crippen molar-refractivity contribution in [3.8, 4) is 0 Å². The number of piperidine rings is 1. The number of para-hydroxylation sites is 1. The van der Waals surface area contributed by atoms with Gasteiger partial charge in [0.1, 0.15) is 6.04 Å². The van der Waals surface area contributed by atoms with Crippen molar-refractivity contribution in [2.24, 2.45) is 5.73 Å². The molecule has 0 saturated carbocycles. The predicted octanol–water partition coefficient (Wildman–Crippen LogP) is 2.33. The summed E-state index contributed by atoms with van der Waals surface area (Å²) in [4.78, 5) is 43.7. The molecule has 150 valence electrons. The minimum absolute atomic E-state index is 0.0319. The molecule has 1 saturated heterocycles. The van der Waals surface area contributed by atoms with Crippen molar-refractivity contribution in [1.82, 2.24) is 14.5 Å². The van der Waals surface area contributed by atoms with Crippen molar-refractivity contribution < 1.29 is 9.59 Å². The fourth-order valence-corrected chi connectivity index (χ4v) is 4.52. The first-order chi connectivity index (χ1) is 13.4. The smallest absolute Gasteiger partial charge is 0.262 e. The van der Waals surface area contributed by atoms with E-state index in [1.165, 1.54) is 11.8 Å². The summed E-state index contributed by atoms with van der Waals surface area (Å²) >= 11 is 1.24. The molecule has 7 nitrogen and oxygen atoms in total. The molecular weight excluding hydrogens is 376 g/mol. The highest BCUT2D eigenvalue weighted by Gasteiger charge is 2.30. The SMILES string of the molecule is CC[C@H](C)n1c(SCC(=O)N2CCCC[C@H]2C(N)=O)nc2ccccc2c1=O. The van der Waals surface area contributed by atoms with Crippen LogP contribution < -0.4 is 11.3 Å². The second kappa shape index (κ2) is 8.77. The van der Waals surface area contributed by atoms with Gasteiger partial charge in [-0.15, -0.1) is 0 Å². The molecular formula is C20H26N4O3S. The van der Waals surface area contributed by atoms with Crippen molar-refractivity contribution >= 4 is 34.5 Å². The summed E-state index contributed by atoms with van der Waals surface area (Å²) in [6.07, 6.45) is 3.14. The third-order valence-corrected chi connectivity index (χ3v) is 6.22. The van der Waals surface area contributed by atoms with E-state index < -0.39 is 11.9 Å². The molecule has 1 fully saturated rings. The summed E-state index contributed by atoms with van der Waals surface area (Å²) in [5.41, 5.74) is 5.99. The summed E-state index contributed by atoms with van der Waals surface area (Å²) in [7, 11) is 0. The number of carbonyl (C=O) groups excluding carboxylic acids is 2. The maximum absolute atomic E-state index is 13.0. The number of nitrogens with zero attached hydrogens (tertiary/aromatic N) is 3. The highest BCUT2D eigenvalue weighted by molar-refractivity contribution is 7.99. The van der Waals surface area contributed by atoms with Crippen molar-refractivity contribution in [2.75, 3.05) is 12.3 Å². The van der Waals surface area contributed by atoms with Gasteiger partial charge in [-0.1, -0.05) is 30.8 Å². The lowest BCUT2D eigenvalue weighted by Crippen LogP contribution is -2.51. The zero-order chi connectivity index (χ0) is 20.3. The number of rotatable bonds is 6. The van der Waals surface area contributed by atoms with Crippen LogP contribution in [-0.2, 0) is 9.59 Å². The standard InChI is InChI=1S/C20H26N4O3S/c1-3-13(2)24-19(27)14-8-4-5-9-15(14)22-20(24)28-12-17(25)23-11-7-6-10-16(23)18(21)26/h4-5,8-9,13,16H,3,6-7,10-12H2,1-2H3,(H2,21,26)/t13-,16-/m0/s1. The van der Waals surface area contributed by atoms with E-state index >= 15 is 0 Å². The van der Waals surface area contributed by atoms with Gasteiger partial charge in [0.2, 0.25) is 11.8 Å². The van der Waals surface area contributed by atoms with Gasteiger partial charge >= 0.3 is 0 Å². The Labute approximate surface area is 168 Å². The maximum atomic E-state index is 13.0. The number of nitrogens with two attached hydrogens (primary N) is 1. The number of amides is 2. The molecule has 2 aromatic rings. The molecule has 28 heavy (non-hydrogen) atoms. The van der Waals surface area contributed by atoms with Crippen LogP contribution in [0.3, 0.4) is 0 Å². The Hall–Kier alpha value is -2.35. The number of likely N-dealkylation sites (tertiary alicyclic amines) is 1. The molecule has 0 radical (unpaired) electrons. The van der Waals surface area contributed by atoms with Crippen LogP contribution in [0, 0.1) is 0 Å². The van der Waals surface area contributed by atoms with Gasteiger partial charge in [0.25, 0.3) is 5.56 Å². The summed E-state index contributed by atoms with van der Waals surface area (Å²) in [5, 5.41) is 1.10. The monoisotopic (exact) mass is 402 g/mol. The van der Waals surface area contributed by atoms with Gasteiger partial charge in [0, 0.05) is 12.6 Å². The number of thioether (sulfide) groups is 1. The molecule has 8 heteroatoms. The molecule has 2 N–H and O–H groups in total. The minimum Gasteiger partial charge on any atom is -0.368 e. The highest BCUT2D eigenvalue weighted by atomic mass is 32.2. The quantitative estimate of drug-likeness (QED) is 0.591. The number of aromatic nitrogens is 2. The molecule has 0 unspecified atom stereocenters. The zero-order valence-corrected chi connectivity index (χ0v) is 17.1. The largest absolute Gasteiger partial charge is 0.368 e. The fraction of sp³-hybridized carbons (Fsp3) is 0.500. The topological polar surface area (TPSA) is 98.3 Å². The van der Waals surface area contributed by atoms with Gasteiger partial charge in [0.05, 0.1) is 16.7 Å². The Morgan fingerprint density at radius 1 is 1.32 bits per heavy atom. The van der Waals surface area contributed by atoms with E-state index in [4.69, 9.17) is 5.73 Å². The van der Waals surface area contributed by atoms with Crippen LogP contribution in [0.2, 0.25) is 0 Å². The number of hydrogen-bond acceptors (Lipinski definition) is 5. The Balaban J connectivity index is 1.88. The third-order valence-electron chi connectivity index (χ3n) is 5.28. The van der Waals surface area contributed by atoms with Gasteiger partial charge < -0.3 is 10.6 Å². The maximum Gasteiger partial charge on any atom is 0.262 e. The van der Waals surface area contributed by atoms with Gasteiger partial charge in [-0.2, -0.15) is 0 Å². The lowest BCUT2D eigenvalue weighted by Gasteiger charge is -2.33. The third kappa shape index (κ3) is 4.06. The molecule has 0 aliphatic carbocycles. The molecule has 3 rings (SSSR count). The molecule has 1 aromatic carbocycles. The van der Waals surface area contributed by atoms with Gasteiger partial charge in [0.15, 0.2) is 5.16 Å². The molecule has 0 bridgehead atoms. The van der Waals surface area contributed by atoms with Gasteiger partial charge in [-0.05, 0) is 44.7 Å². The van der Waals surface area contributed by atoms with E-state index in [1.54, 1.807) is 21.6 Å². The fourth-order valence-electron chi connectivity index (χ4n) is 3.53. The minimum atomic E-state index is -0.539. The highest BCUT2D eigenvalue weighted by Crippen LogP contribution is 2.24. The van der Waals surface area contributed by atoms with Crippen LogP contribution in [0.25, 0.3) is 10.9 Å². The number of primary amides is 1. The molecule has 1 aliphatic heterocycles. The van der Waals surface area contributed by atoms with Crippen molar-refractivity contribution in [2.45, 2.75) is 56.8 Å². The van der Waals surface area contributed by atoms with Crippen LogP contribution in [0.4, 0.5) is 0 Å². The normalized spacial score (nSPS) is 18.2. The first-order valence-corrected chi connectivity index (χ1v) is 10.7. The van der Waals surface area contributed by atoms with Crippen molar-refractivity contribution in [1.29, 1.82) is 0 Å². The summed E-state index contributed by atoms with van der Waals surface area (Å²) in [6, 6.07) is 6.67. The summed E-state index contributed by atoms with van der Waals surface area (Å²) in [6.45, 7) is 4.52. The molecule has 2 amide bonds. The van der Waals surface area contributed by atoms with Gasteiger partial charge in [-0.3, -0.25) is 19.0 Å². The Morgan fingerprint density at radius 3 is 2.79 bits per heavy atom. The second-order valence-electron chi connectivity index (χ2n) is 7.13. The average Bonchev–Trinajstić information content (AvgIpc) is 2.71. The number of hydrogen-bond donors (Lipinski definition) is 1. The van der Waals surface area contributed by atoms with Crippen molar-refractivity contribution in [3.05, 3.63) is 34.6 Å². The lowest BCUT2D eigenvalue weighted by molar-refractivity contribution is -0.138. The van der Waals surface area contributed by atoms with E-state index in [2.05, 4.69) is 4.98 Å². The Bertz CT molecular complexity index is 943. The molecule has 0 spiro atoms. The van der Waals surface area contributed by atoms with E-state index in [0.717, 1.165) is 19.3 Å². The molecule has 2 atom stereocenters. The van der Waals surface area contributed by atoms with E-state index in [1.807, 2.05) is 26.0 Å². The van der Waals surface area contributed by atoms with Crippen LogP contribution in [-0.4, -0.2) is 44.6 Å². The Morgan fingerprint density at radius 2 is 2.07 bits per heavy atom. The van der Waals surface area contributed by atoms with Crippen LogP contribution >= 0.6 is 11.8 Å². The first-order valence-electron chi connectivity index (χ1n) is 9.67. The van der Waals surface area contributed by atoms with Gasteiger partial charge in [-0.25, -0.2) is 4.98 Å². The second-order valence-corrected chi connectivity index (χ2v) is 8.08. The lowest BCUT2D eigenvalue weighted by atomic mass is 10.0. The number of carbonyl (C=O) groups is 2. The summed E-state index contributed by atoms with van der Waals surface area (Å²) < 4.78 is 1.67. The zero-order valence-electron chi connectivity index (χ0n) is 16.3.